The predicted molar refractivity (Wildman–Crippen MR) is 124 cm³/mol. The van der Waals surface area contributed by atoms with E-state index in [4.69, 9.17) is 21.1 Å². The second-order valence-electron chi connectivity index (χ2n) is 6.92. The number of anilines is 1. The number of rotatable bonds is 8. The van der Waals surface area contributed by atoms with Crippen LogP contribution < -0.4 is 19.5 Å². The first-order chi connectivity index (χ1) is 15.2. The highest BCUT2D eigenvalue weighted by atomic mass is 35.5. The molecule has 1 unspecified atom stereocenters. The van der Waals surface area contributed by atoms with Gasteiger partial charge in [0.25, 0.3) is 15.9 Å². The zero-order chi connectivity index (χ0) is 23.3. The van der Waals surface area contributed by atoms with Crippen LogP contribution in [-0.4, -0.2) is 28.5 Å². The highest BCUT2D eigenvalue weighted by molar-refractivity contribution is 7.92. The van der Waals surface area contributed by atoms with E-state index >= 15 is 0 Å². The molecule has 2 N–H and O–H groups in total. The predicted octanol–water partition coefficient (Wildman–Crippen LogP) is 4.65. The molecular formula is C23H23ClN2O5S. The van der Waals surface area contributed by atoms with Gasteiger partial charge in [-0.25, -0.2) is 8.42 Å². The van der Waals surface area contributed by atoms with Crippen molar-refractivity contribution in [3.63, 3.8) is 0 Å². The fraction of sp³-hybridized carbons (Fsp3) is 0.174. The second kappa shape index (κ2) is 9.93. The molecule has 0 fully saturated rings. The molecule has 9 heteroatoms. The van der Waals surface area contributed by atoms with E-state index in [1.165, 1.54) is 30.3 Å². The van der Waals surface area contributed by atoms with E-state index in [0.29, 0.717) is 11.5 Å². The van der Waals surface area contributed by atoms with Crippen molar-refractivity contribution in [3.05, 3.63) is 82.9 Å². The maximum atomic E-state index is 12.9. The molecule has 0 aliphatic heterocycles. The molecule has 0 spiro atoms. The Labute approximate surface area is 192 Å². The minimum absolute atomic E-state index is 0.111. The number of halogens is 1. The van der Waals surface area contributed by atoms with Crippen molar-refractivity contribution in [2.45, 2.75) is 17.9 Å². The number of carbonyl (C=O) groups excluding carboxylic acids is 1. The van der Waals surface area contributed by atoms with Gasteiger partial charge in [-0.1, -0.05) is 29.8 Å². The Balaban J connectivity index is 1.83. The Hall–Kier alpha value is -3.23. The van der Waals surface area contributed by atoms with E-state index in [-0.39, 0.29) is 21.2 Å². The average Bonchev–Trinajstić information content (AvgIpc) is 2.80. The summed E-state index contributed by atoms with van der Waals surface area (Å²) >= 11 is 6.23. The number of hydrogen-bond donors (Lipinski definition) is 2. The van der Waals surface area contributed by atoms with E-state index < -0.39 is 22.0 Å². The molecule has 0 saturated carbocycles. The second-order valence-corrected chi connectivity index (χ2v) is 9.01. The van der Waals surface area contributed by atoms with Gasteiger partial charge in [-0.15, -0.1) is 0 Å². The van der Waals surface area contributed by atoms with Crippen LogP contribution in [0.4, 0.5) is 5.69 Å². The van der Waals surface area contributed by atoms with Crippen LogP contribution >= 0.6 is 11.6 Å². The molecule has 1 atom stereocenters. The third kappa shape index (κ3) is 5.33. The number of methoxy groups -OCH3 is 2. The summed E-state index contributed by atoms with van der Waals surface area (Å²) in [6.07, 6.45) is 0. The summed E-state index contributed by atoms with van der Waals surface area (Å²) in [7, 11) is -0.714. The number of amides is 1. The van der Waals surface area contributed by atoms with Gasteiger partial charge in [-0.05, 0) is 55.5 Å². The number of hydrogen-bond acceptors (Lipinski definition) is 5. The van der Waals surface area contributed by atoms with Gasteiger partial charge >= 0.3 is 0 Å². The monoisotopic (exact) mass is 474 g/mol. The lowest BCUT2D eigenvalue weighted by molar-refractivity contribution is 0.0939. The number of sulfonamides is 1. The molecule has 168 valence electrons. The maximum absolute atomic E-state index is 12.9. The van der Waals surface area contributed by atoms with Crippen LogP contribution in [0.5, 0.6) is 11.5 Å². The Kier molecular flexibility index (Phi) is 7.27. The fourth-order valence-corrected chi connectivity index (χ4v) is 4.38. The highest BCUT2D eigenvalue weighted by Gasteiger charge is 2.20. The van der Waals surface area contributed by atoms with Crippen molar-refractivity contribution in [3.8, 4) is 11.5 Å². The third-order valence-electron chi connectivity index (χ3n) is 4.77. The summed E-state index contributed by atoms with van der Waals surface area (Å²) in [4.78, 5) is 13.1. The average molecular weight is 475 g/mol. The molecule has 7 nitrogen and oxygen atoms in total. The molecule has 0 aliphatic carbocycles. The normalized spacial score (nSPS) is 12.0. The molecule has 0 aromatic heterocycles. The lowest BCUT2D eigenvalue weighted by atomic mass is 10.1. The van der Waals surface area contributed by atoms with Gasteiger partial charge < -0.3 is 14.8 Å². The van der Waals surface area contributed by atoms with E-state index in [2.05, 4.69) is 10.0 Å². The lowest BCUT2D eigenvalue weighted by Gasteiger charge is -2.19. The highest BCUT2D eigenvalue weighted by Crippen LogP contribution is 2.30. The van der Waals surface area contributed by atoms with Crippen molar-refractivity contribution < 1.29 is 22.7 Å². The molecule has 0 bridgehead atoms. The Morgan fingerprint density at radius 1 is 0.969 bits per heavy atom. The van der Waals surface area contributed by atoms with Crippen LogP contribution in [-0.2, 0) is 10.0 Å². The van der Waals surface area contributed by atoms with Crippen molar-refractivity contribution in [2.75, 3.05) is 18.9 Å². The van der Waals surface area contributed by atoms with E-state index in [1.807, 2.05) is 0 Å². The van der Waals surface area contributed by atoms with Crippen LogP contribution in [0.1, 0.15) is 28.9 Å². The lowest BCUT2D eigenvalue weighted by Crippen LogP contribution is -2.27. The molecule has 0 aliphatic rings. The van der Waals surface area contributed by atoms with Crippen LogP contribution in [0.25, 0.3) is 0 Å². The minimum Gasteiger partial charge on any atom is -0.497 e. The number of nitrogens with one attached hydrogen (secondary N) is 2. The van der Waals surface area contributed by atoms with E-state index in [9.17, 15) is 13.2 Å². The van der Waals surface area contributed by atoms with E-state index in [0.717, 1.165) is 5.56 Å². The Morgan fingerprint density at radius 2 is 1.69 bits per heavy atom. The molecule has 3 aromatic rings. The first-order valence-corrected chi connectivity index (χ1v) is 11.5. The fourth-order valence-electron chi connectivity index (χ4n) is 3.11. The minimum atomic E-state index is -3.81. The summed E-state index contributed by atoms with van der Waals surface area (Å²) in [5.74, 6) is 0.749. The van der Waals surface area contributed by atoms with E-state index in [1.54, 1.807) is 57.5 Å². The molecule has 32 heavy (non-hydrogen) atoms. The summed E-state index contributed by atoms with van der Waals surface area (Å²) < 4.78 is 38.3. The maximum Gasteiger partial charge on any atom is 0.261 e. The Morgan fingerprint density at radius 3 is 2.34 bits per heavy atom. The topological polar surface area (TPSA) is 93.7 Å². The van der Waals surface area contributed by atoms with Crippen molar-refractivity contribution in [1.29, 1.82) is 0 Å². The van der Waals surface area contributed by atoms with Gasteiger partial charge in [0.1, 0.15) is 11.5 Å². The summed E-state index contributed by atoms with van der Waals surface area (Å²) in [5, 5.41) is 3.05. The van der Waals surface area contributed by atoms with Gasteiger partial charge in [0, 0.05) is 11.3 Å². The molecule has 1 amide bonds. The van der Waals surface area contributed by atoms with Crippen LogP contribution in [0.15, 0.2) is 71.6 Å². The van der Waals surface area contributed by atoms with Crippen LogP contribution in [0.3, 0.4) is 0 Å². The summed E-state index contributed by atoms with van der Waals surface area (Å²) in [6.45, 7) is 1.80. The number of carbonyl (C=O) groups is 1. The zero-order valence-electron chi connectivity index (χ0n) is 17.8. The van der Waals surface area contributed by atoms with Crippen molar-refractivity contribution >= 4 is 33.2 Å². The Bertz CT molecular complexity index is 1220. The summed E-state index contributed by atoms with van der Waals surface area (Å²) in [5.41, 5.74) is 1.07. The molecule has 0 heterocycles. The smallest absolute Gasteiger partial charge is 0.261 e. The van der Waals surface area contributed by atoms with Gasteiger partial charge in [0.05, 0.1) is 35.7 Å². The van der Waals surface area contributed by atoms with Crippen molar-refractivity contribution in [1.82, 2.24) is 5.32 Å². The molecule has 3 aromatic carbocycles. The van der Waals surface area contributed by atoms with Gasteiger partial charge in [0.2, 0.25) is 0 Å². The molecule has 0 saturated heterocycles. The molecule has 3 rings (SSSR count). The first kappa shape index (κ1) is 23.4. The van der Waals surface area contributed by atoms with Crippen LogP contribution in [0, 0.1) is 0 Å². The standard InChI is InChI=1S/C23H23ClN2O5S/c1-15(19-14-17(30-2)10-12-22(19)31-3)25-23(27)20-13-16(9-11-21(20)24)26-32(28,29)18-7-5-4-6-8-18/h4-15,26H,1-3H3,(H,25,27). The zero-order valence-corrected chi connectivity index (χ0v) is 19.3. The van der Waals surface area contributed by atoms with Gasteiger partial charge in [0.15, 0.2) is 0 Å². The van der Waals surface area contributed by atoms with Crippen molar-refractivity contribution in [2.24, 2.45) is 0 Å². The molecular weight excluding hydrogens is 452 g/mol. The largest absolute Gasteiger partial charge is 0.497 e. The first-order valence-electron chi connectivity index (χ1n) is 9.65. The third-order valence-corrected chi connectivity index (χ3v) is 6.49. The number of ether oxygens (including phenoxy) is 2. The summed E-state index contributed by atoms with van der Waals surface area (Å²) in [6, 6.07) is 17.2. The number of benzene rings is 3. The van der Waals surface area contributed by atoms with Crippen LogP contribution in [0.2, 0.25) is 5.02 Å². The van der Waals surface area contributed by atoms with Gasteiger partial charge in [-0.2, -0.15) is 0 Å². The quantitative estimate of drug-likeness (QED) is 0.495. The molecule has 0 radical (unpaired) electrons. The SMILES string of the molecule is COc1ccc(OC)c(C(C)NC(=O)c2cc(NS(=O)(=O)c3ccccc3)ccc2Cl)c1. The van der Waals surface area contributed by atoms with Gasteiger partial charge in [-0.3, -0.25) is 9.52 Å².